The number of amides is 1. The molecule has 2 aliphatic rings. The van der Waals surface area contributed by atoms with Gasteiger partial charge in [-0.25, -0.2) is 19.4 Å². The van der Waals surface area contributed by atoms with Crippen molar-refractivity contribution < 1.29 is 38.0 Å². The molecule has 0 spiro atoms. The lowest BCUT2D eigenvalue weighted by Gasteiger charge is -2.33. The average molecular weight is 508 g/mol. The van der Waals surface area contributed by atoms with Crippen LogP contribution in [0.15, 0.2) is 30.5 Å². The molecule has 4 heterocycles. The summed E-state index contributed by atoms with van der Waals surface area (Å²) in [6, 6.07) is 6.13. The molecule has 11 nitrogen and oxygen atoms in total. The van der Waals surface area contributed by atoms with Gasteiger partial charge in [-0.1, -0.05) is 0 Å². The predicted molar refractivity (Wildman–Crippen MR) is 121 cm³/mol. The number of alkyl halides is 3. The topological polar surface area (TPSA) is 137 Å². The normalized spacial score (nSPS) is 21.8. The fraction of sp³-hybridized carbons (Fsp3) is 0.455. The number of fused-ring (bicyclic) bond motifs is 3. The van der Waals surface area contributed by atoms with Gasteiger partial charge in [0, 0.05) is 30.8 Å². The van der Waals surface area contributed by atoms with E-state index >= 15 is 0 Å². The largest absolute Gasteiger partial charge is 0.465 e. The molecule has 0 aliphatic carbocycles. The lowest BCUT2D eigenvalue weighted by molar-refractivity contribution is -0.141. The minimum absolute atomic E-state index is 0.00299. The van der Waals surface area contributed by atoms with Gasteiger partial charge < -0.3 is 25.0 Å². The van der Waals surface area contributed by atoms with Gasteiger partial charge in [-0.2, -0.15) is 18.3 Å². The molecule has 2 fully saturated rings. The molecule has 3 atom stereocenters. The SMILES string of the molecule is O=C(O)N(CCO)c1ccc(-c2nc(N3CC4C[C@@H](O)C(C3)O4)c3cnn(CC(F)(F)F)c3n2)cc1. The number of halogens is 3. The Balaban J connectivity index is 1.57. The second-order valence-electron chi connectivity index (χ2n) is 8.73. The van der Waals surface area contributed by atoms with E-state index in [2.05, 4.69) is 15.1 Å². The van der Waals surface area contributed by atoms with Crippen molar-refractivity contribution in [3.05, 3.63) is 30.5 Å². The van der Waals surface area contributed by atoms with Crippen LogP contribution in [0.4, 0.5) is 29.5 Å². The van der Waals surface area contributed by atoms with E-state index in [1.165, 1.54) is 18.3 Å². The van der Waals surface area contributed by atoms with E-state index in [9.17, 15) is 28.2 Å². The molecule has 2 bridgehead atoms. The Morgan fingerprint density at radius 1 is 1.19 bits per heavy atom. The molecule has 2 aromatic heterocycles. The van der Waals surface area contributed by atoms with Crippen molar-refractivity contribution in [1.29, 1.82) is 0 Å². The van der Waals surface area contributed by atoms with Gasteiger partial charge in [0.15, 0.2) is 11.5 Å². The highest BCUT2D eigenvalue weighted by atomic mass is 19.4. The number of hydrogen-bond acceptors (Lipinski definition) is 8. The van der Waals surface area contributed by atoms with Gasteiger partial charge >= 0.3 is 12.3 Å². The smallest absolute Gasteiger partial charge is 0.411 e. The van der Waals surface area contributed by atoms with Crippen molar-refractivity contribution in [2.75, 3.05) is 36.0 Å². The number of morpholine rings is 1. The fourth-order valence-corrected chi connectivity index (χ4v) is 4.63. The van der Waals surface area contributed by atoms with E-state index in [4.69, 9.17) is 9.84 Å². The molecule has 192 valence electrons. The van der Waals surface area contributed by atoms with Crippen LogP contribution in [0, 0.1) is 0 Å². The summed E-state index contributed by atoms with van der Waals surface area (Å²) in [7, 11) is 0. The van der Waals surface area contributed by atoms with Gasteiger partial charge in [0.25, 0.3) is 0 Å². The first-order valence-corrected chi connectivity index (χ1v) is 11.2. The Bertz CT molecular complexity index is 1270. The maximum absolute atomic E-state index is 13.2. The fourth-order valence-electron chi connectivity index (χ4n) is 4.63. The number of benzene rings is 1. The molecule has 2 saturated heterocycles. The Labute approximate surface area is 202 Å². The molecule has 0 saturated carbocycles. The molecular formula is C22H23F3N6O5. The first kappa shape index (κ1) is 24.2. The van der Waals surface area contributed by atoms with E-state index < -0.39 is 31.0 Å². The summed E-state index contributed by atoms with van der Waals surface area (Å²) in [6.45, 7) is -1.11. The van der Waals surface area contributed by atoms with Gasteiger partial charge in [0.2, 0.25) is 0 Å². The summed E-state index contributed by atoms with van der Waals surface area (Å²) in [4.78, 5) is 23.3. The average Bonchev–Trinajstić information content (AvgIpc) is 3.34. The van der Waals surface area contributed by atoms with Crippen molar-refractivity contribution in [1.82, 2.24) is 19.7 Å². The van der Waals surface area contributed by atoms with E-state index in [0.29, 0.717) is 42.0 Å². The van der Waals surface area contributed by atoms with Gasteiger partial charge in [-0.05, 0) is 24.3 Å². The maximum atomic E-state index is 13.2. The Hall–Kier alpha value is -3.49. The van der Waals surface area contributed by atoms with Crippen LogP contribution in [0.3, 0.4) is 0 Å². The van der Waals surface area contributed by atoms with E-state index in [0.717, 1.165) is 9.58 Å². The van der Waals surface area contributed by atoms with Crippen LogP contribution < -0.4 is 9.80 Å². The van der Waals surface area contributed by atoms with Crippen molar-refractivity contribution in [3.63, 3.8) is 0 Å². The molecule has 5 rings (SSSR count). The van der Waals surface area contributed by atoms with Gasteiger partial charge in [-0.15, -0.1) is 0 Å². The van der Waals surface area contributed by atoms with Gasteiger partial charge in [0.05, 0.1) is 36.9 Å². The summed E-state index contributed by atoms with van der Waals surface area (Å²) in [5, 5.41) is 33.0. The molecule has 3 aromatic rings. The van der Waals surface area contributed by atoms with Crippen LogP contribution in [0.2, 0.25) is 0 Å². The molecule has 2 aliphatic heterocycles. The highest BCUT2D eigenvalue weighted by Crippen LogP contribution is 2.34. The van der Waals surface area contributed by atoms with Gasteiger partial charge in [0.1, 0.15) is 18.5 Å². The summed E-state index contributed by atoms with van der Waals surface area (Å²) >= 11 is 0. The molecule has 2 unspecified atom stereocenters. The highest BCUT2D eigenvalue weighted by Gasteiger charge is 2.41. The second kappa shape index (κ2) is 9.19. The summed E-state index contributed by atoms with van der Waals surface area (Å²) < 4.78 is 46.1. The number of hydrogen-bond donors (Lipinski definition) is 3. The molecule has 36 heavy (non-hydrogen) atoms. The number of rotatable bonds is 6. The van der Waals surface area contributed by atoms with Crippen molar-refractivity contribution in [2.45, 2.75) is 37.5 Å². The van der Waals surface area contributed by atoms with Crippen molar-refractivity contribution in [2.24, 2.45) is 0 Å². The lowest BCUT2D eigenvalue weighted by atomic mass is 10.1. The number of nitrogens with zero attached hydrogens (tertiary/aromatic N) is 6. The van der Waals surface area contributed by atoms with E-state index in [1.54, 1.807) is 12.1 Å². The second-order valence-corrected chi connectivity index (χ2v) is 8.73. The molecule has 1 amide bonds. The molecule has 0 radical (unpaired) electrons. The van der Waals surface area contributed by atoms with Gasteiger partial charge in [-0.3, -0.25) is 4.90 Å². The molecular weight excluding hydrogens is 485 g/mol. The zero-order chi connectivity index (χ0) is 25.6. The quantitative estimate of drug-likeness (QED) is 0.456. The number of anilines is 2. The van der Waals surface area contributed by atoms with E-state index in [-0.39, 0.29) is 30.7 Å². The maximum Gasteiger partial charge on any atom is 0.411 e. The predicted octanol–water partition coefficient (Wildman–Crippen LogP) is 1.87. The minimum atomic E-state index is -4.51. The third-order valence-corrected chi connectivity index (χ3v) is 6.22. The van der Waals surface area contributed by atoms with Crippen LogP contribution >= 0.6 is 0 Å². The first-order chi connectivity index (χ1) is 17.1. The number of carboxylic acid groups (broad SMARTS) is 1. The molecule has 3 N–H and O–H groups in total. The van der Waals surface area contributed by atoms with Crippen LogP contribution in [0.5, 0.6) is 0 Å². The van der Waals surface area contributed by atoms with Crippen LogP contribution in [0.1, 0.15) is 6.42 Å². The van der Waals surface area contributed by atoms with Crippen LogP contribution in [-0.4, -0.2) is 91.9 Å². The number of aliphatic hydroxyl groups excluding tert-OH is 2. The van der Waals surface area contributed by atoms with E-state index in [1.807, 2.05) is 4.90 Å². The monoisotopic (exact) mass is 508 g/mol. The summed E-state index contributed by atoms with van der Waals surface area (Å²) in [5.41, 5.74) is 0.762. The molecule has 1 aromatic carbocycles. The standard InChI is InChI=1S/C22H23F3N6O5/c23-22(24,25)11-31-20-15(8-26-31)19(29-9-14-7-16(33)17(10-29)36-14)27-18(28-20)12-1-3-13(4-2-12)30(5-6-32)21(34)35/h1-4,8,14,16-17,32-33H,5-7,9-11H2,(H,34,35)/t14?,16-,17?/m1/s1. The summed E-state index contributed by atoms with van der Waals surface area (Å²) in [6.07, 6.45) is -5.28. The van der Waals surface area contributed by atoms with Crippen molar-refractivity contribution in [3.8, 4) is 11.4 Å². The Morgan fingerprint density at radius 3 is 2.58 bits per heavy atom. The number of carbonyl (C=O) groups is 1. The zero-order valence-corrected chi connectivity index (χ0v) is 18.8. The third kappa shape index (κ3) is 4.66. The first-order valence-electron chi connectivity index (χ1n) is 11.2. The third-order valence-electron chi connectivity index (χ3n) is 6.22. The van der Waals surface area contributed by atoms with Crippen LogP contribution in [0.25, 0.3) is 22.4 Å². The minimum Gasteiger partial charge on any atom is -0.465 e. The number of aliphatic hydroxyl groups is 2. The number of aromatic nitrogens is 4. The zero-order valence-electron chi connectivity index (χ0n) is 18.8. The number of ether oxygens (including phenoxy) is 1. The van der Waals surface area contributed by atoms with Crippen molar-refractivity contribution >= 4 is 28.6 Å². The molecule has 14 heteroatoms. The Kier molecular flexibility index (Phi) is 6.18. The lowest BCUT2D eigenvalue weighted by Crippen LogP contribution is -2.44. The highest BCUT2D eigenvalue weighted by molar-refractivity contribution is 5.89. The Morgan fingerprint density at radius 2 is 1.94 bits per heavy atom. The van der Waals surface area contributed by atoms with Crippen LogP contribution in [-0.2, 0) is 11.3 Å². The summed E-state index contributed by atoms with van der Waals surface area (Å²) in [5.74, 6) is 0.517.